The zero-order valence-electron chi connectivity index (χ0n) is 11.6. The molecule has 0 atom stereocenters. The van der Waals surface area contributed by atoms with Gasteiger partial charge in [0.1, 0.15) is 5.75 Å². The zero-order valence-corrected chi connectivity index (χ0v) is 12.4. The fraction of sp³-hybridized carbons (Fsp3) is 0.0769. The molecule has 0 bridgehead atoms. The summed E-state index contributed by atoms with van der Waals surface area (Å²) in [5.74, 6) is 0.477. The van der Waals surface area contributed by atoms with Gasteiger partial charge in [0.15, 0.2) is 5.65 Å². The van der Waals surface area contributed by atoms with Gasteiger partial charge in [-0.1, -0.05) is 0 Å². The Morgan fingerprint density at radius 1 is 1.36 bits per heavy atom. The first-order valence-corrected chi connectivity index (χ1v) is 7.78. The Kier molecular flexibility index (Phi) is 3.43. The van der Waals surface area contributed by atoms with Crippen LogP contribution >= 0.6 is 0 Å². The first-order chi connectivity index (χ1) is 10.5. The summed E-state index contributed by atoms with van der Waals surface area (Å²) < 4.78 is 31.5. The van der Waals surface area contributed by atoms with Crippen LogP contribution in [0.25, 0.3) is 16.9 Å². The van der Waals surface area contributed by atoms with Crippen molar-refractivity contribution >= 4 is 21.5 Å². The summed E-state index contributed by atoms with van der Waals surface area (Å²) in [6.45, 7) is 0. The lowest BCUT2D eigenvalue weighted by Crippen LogP contribution is -2.21. The number of nitrogens with two attached hydrogens (primary N) is 1. The van der Waals surface area contributed by atoms with Gasteiger partial charge in [0.2, 0.25) is 0 Å². The van der Waals surface area contributed by atoms with E-state index in [1.54, 1.807) is 36.8 Å². The van der Waals surface area contributed by atoms with Crippen molar-refractivity contribution in [3.05, 3.63) is 43.0 Å². The molecule has 3 aromatic rings. The number of nitrogens with one attached hydrogen (secondary N) is 1. The number of methoxy groups -OCH3 is 1. The fourth-order valence-electron chi connectivity index (χ4n) is 2.10. The standard InChI is InChI=1S/C13H13N5O3S/c1-21-12-6-9(17-22(14,19)20)2-3-10(12)11-8-18-5-4-15-7-13(18)16-11/h2-8,17H,1H3,(H2,14,19,20). The van der Waals surface area contributed by atoms with Crippen LogP contribution in [0.3, 0.4) is 0 Å². The zero-order chi connectivity index (χ0) is 15.7. The van der Waals surface area contributed by atoms with Gasteiger partial charge in [-0.3, -0.25) is 9.71 Å². The number of fused-ring (bicyclic) bond motifs is 1. The summed E-state index contributed by atoms with van der Waals surface area (Å²) in [7, 11) is -2.34. The molecule has 3 N–H and O–H groups in total. The Balaban J connectivity index is 2.06. The smallest absolute Gasteiger partial charge is 0.296 e. The molecule has 0 spiro atoms. The van der Waals surface area contributed by atoms with E-state index in [1.807, 2.05) is 10.6 Å². The van der Waals surface area contributed by atoms with Gasteiger partial charge in [-0.15, -0.1) is 0 Å². The minimum absolute atomic E-state index is 0.313. The van der Waals surface area contributed by atoms with E-state index in [4.69, 9.17) is 9.88 Å². The van der Waals surface area contributed by atoms with Gasteiger partial charge in [0.25, 0.3) is 10.2 Å². The summed E-state index contributed by atoms with van der Waals surface area (Å²) in [6.07, 6.45) is 6.93. The topological polar surface area (TPSA) is 112 Å². The molecule has 2 aromatic heterocycles. The summed E-state index contributed by atoms with van der Waals surface area (Å²) >= 11 is 0. The first-order valence-electron chi connectivity index (χ1n) is 6.24. The van der Waals surface area contributed by atoms with E-state index < -0.39 is 10.2 Å². The lowest BCUT2D eigenvalue weighted by Gasteiger charge is -2.09. The van der Waals surface area contributed by atoms with E-state index in [1.165, 1.54) is 7.11 Å². The van der Waals surface area contributed by atoms with Crippen molar-refractivity contribution in [2.75, 3.05) is 11.8 Å². The number of hydrogen-bond acceptors (Lipinski definition) is 5. The molecule has 0 saturated heterocycles. The highest BCUT2D eigenvalue weighted by Crippen LogP contribution is 2.32. The van der Waals surface area contributed by atoms with Crippen LogP contribution in [0, 0.1) is 0 Å². The highest BCUT2D eigenvalue weighted by molar-refractivity contribution is 7.90. The molecular formula is C13H13N5O3S. The molecule has 0 saturated carbocycles. The van der Waals surface area contributed by atoms with Crippen LogP contribution in [0.5, 0.6) is 5.75 Å². The number of rotatable bonds is 4. The Bertz CT molecular complexity index is 903. The number of ether oxygens (including phenoxy) is 1. The Hall–Kier alpha value is -2.65. The second-order valence-electron chi connectivity index (χ2n) is 4.53. The number of hydrogen-bond donors (Lipinski definition) is 2. The first kappa shape index (κ1) is 14.3. The lowest BCUT2D eigenvalue weighted by molar-refractivity contribution is 0.416. The van der Waals surface area contributed by atoms with Crippen molar-refractivity contribution in [1.29, 1.82) is 0 Å². The molecule has 8 nitrogen and oxygen atoms in total. The Morgan fingerprint density at radius 3 is 2.86 bits per heavy atom. The van der Waals surface area contributed by atoms with E-state index in [0.717, 1.165) is 5.56 Å². The molecule has 1 aromatic carbocycles. The molecule has 0 unspecified atom stereocenters. The van der Waals surface area contributed by atoms with Crippen molar-refractivity contribution in [3.8, 4) is 17.0 Å². The fourth-order valence-corrected chi connectivity index (χ4v) is 2.56. The molecule has 0 aliphatic heterocycles. The van der Waals surface area contributed by atoms with Gasteiger partial charge in [0.05, 0.1) is 24.7 Å². The van der Waals surface area contributed by atoms with Crippen LogP contribution in [0.15, 0.2) is 43.0 Å². The highest BCUT2D eigenvalue weighted by Gasteiger charge is 2.12. The molecular weight excluding hydrogens is 306 g/mol. The molecule has 114 valence electrons. The third-order valence-corrected chi connectivity index (χ3v) is 3.52. The van der Waals surface area contributed by atoms with Crippen LogP contribution in [-0.4, -0.2) is 29.9 Å². The molecule has 0 fully saturated rings. The van der Waals surface area contributed by atoms with Crippen molar-refractivity contribution in [3.63, 3.8) is 0 Å². The largest absolute Gasteiger partial charge is 0.496 e. The van der Waals surface area contributed by atoms with Gasteiger partial charge in [-0.25, -0.2) is 10.1 Å². The van der Waals surface area contributed by atoms with E-state index >= 15 is 0 Å². The highest BCUT2D eigenvalue weighted by atomic mass is 32.2. The van der Waals surface area contributed by atoms with Crippen molar-refractivity contribution in [1.82, 2.24) is 14.4 Å². The summed E-state index contributed by atoms with van der Waals surface area (Å²) in [5, 5.41) is 4.96. The minimum Gasteiger partial charge on any atom is -0.496 e. The molecule has 2 heterocycles. The third kappa shape index (κ3) is 2.85. The number of nitrogens with zero attached hydrogens (tertiary/aromatic N) is 3. The van der Waals surface area contributed by atoms with Gasteiger partial charge in [-0.05, 0) is 12.1 Å². The average molecular weight is 319 g/mol. The summed E-state index contributed by atoms with van der Waals surface area (Å²) in [4.78, 5) is 8.46. The van der Waals surface area contributed by atoms with E-state index in [-0.39, 0.29) is 0 Å². The molecule has 0 aliphatic carbocycles. The molecule has 9 heteroatoms. The minimum atomic E-state index is -3.83. The monoisotopic (exact) mass is 319 g/mol. The van der Waals surface area contributed by atoms with Gasteiger partial charge in [0, 0.05) is 30.2 Å². The van der Waals surface area contributed by atoms with E-state index in [0.29, 0.717) is 22.8 Å². The number of aromatic nitrogens is 3. The molecule has 0 radical (unpaired) electrons. The normalized spacial score (nSPS) is 11.5. The third-order valence-electron chi connectivity index (χ3n) is 3.00. The maximum Gasteiger partial charge on any atom is 0.296 e. The SMILES string of the molecule is COc1cc(NS(N)(=O)=O)ccc1-c1cn2ccncc2n1. The average Bonchev–Trinajstić information content (AvgIpc) is 2.89. The predicted octanol–water partition coefficient (Wildman–Crippen LogP) is 1.02. The van der Waals surface area contributed by atoms with Crippen molar-refractivity contribution < 1.29 is 13.2 Å². The second-order valence-corrected chi connectivity index (χ2v) is 5.82. The lowest BCUT2D eigenvalue weighted by atomic mass is 10.1. The van der Waals surface area contributed by atoms with Crippen LogP contribution in [0.1, 0.15) is 0 Å². The quantitative estimate of drug-likeness (QED) is 0.745. The molecule has 22 heavy (non-hydrogen) atoms. The predicted molar refractivity (Wildman–Crippen MR) is 81.7 cm³/mol. The number of anilines is 1. The maximum atomic E-state index is 11.1. The van der Waals surface area contributed by atoms with Crippen LogP contribution in [0.4, 0.5) is 5.69 Å². The van der Waals surface area contributed by atoms with Crippen LogP contribution < -0.4 is 14.6 Å². The maximum absolute atomic E-state index is 11.1. The second kappa shape index (κ2) is 5.28. The summed E-state index contributed by atoms with van der Waals surface area (Å²) in [6, 6.07) is 4.84. The van der Waals surface area contributed by atoms with Gasteiger partial charge in [-0.2, -0.15) is 8.42 Å². The van der Waals surface area contributed by atoms with E-state index in [2.05, 4.69) is 14.7 Å². The number of imidazole rings is 1. The van der Waals surface area contributed by atoms with Crippen LogP contribution in [-0.2, 0) is 10.2 Å². The Labute approximate surface area is 126 Å². The van der Waals surface area contributed by atoms with Crippen molar-refractivity contribution in [2.24, 2.45) is 5.14 Å². The Morgan fingerprint density at radius 2 is 2.18 bits per heavy atom. The van der Waals surface area contributed by atoms with E-state index in [9.17, 15) is 8.42 Å². The van der Waals surface area contributed by atoms with Gasteiger partial charge >= 0.3 is 0 Å². The molecule has 0 aliphatic rings. The van der Waals surface area contributed by atoms with Gasteiger partial charge < -0.3 is 9.14 Å². The molecule has 0 amide bonds. The number of benzene rings is 1. The summed E-state index contributed by atoms with van der Waals surface area (Å²) in [5.41, 5.74) is 2.43. The van der Waals surface area contributed by atoms with Crippen LogP contribution in [0.2, 0.25) is 0 Å². The van der Waals surface area contributed by atoms with Crippen molar-refractivity contribution in [2.45, 2.75) is 0 Å². The molecule has 3 rings (SSSR count).